The van der Waals surface area contributed by atoms with Crippen LogP contribution in [0.4, 0.5) is 13.2 Å². The van der Waals surface area contributed by atoms with Crippen LogP contribution >= 0.6 is 11.6 Å². The van der Waals surface area contributed by atoms with Crippen molar-refractivity contribution in [3.63, 3.8) is 0 Å². The zero-order valence-electron chi connectivity index (χ0n) is 13.6. The van der Waals surface area contributed by atoms with Gasteiger partial charge in [-0.2, -0.15) is 13.2 Å². The second kappa shape index (κ2) is 8.23. The minimum Gasteiger partial charge on any atom is -0.496 e. The van der Waals surface area contributed by atoms with Crippen molar-refractivity contribution in [2.75, 3.05) is 7.11 Å². The van der Waals surface area contributed by atoms with E-state index in [0.717, 1.165) is 0 Å². The number of para-hydroxylation sites is 1. The van der Waals surface area contributed by atoms with Crippen LogP contribution in [0, 0.1) is 0 Å². The molecular formula is C18H15ClF3NO3. The lowest BCUT2D eigenvalue weighted by atomic mass is 10.00. The fraction of sp³-hybridized carbons (Fsp3) is 0.222. The van der Waals surface area contributed by atoms with Crippen molar-refractivity contribution in [3.8, 4) is 5.75 Å². The van der Waals surface area contributed by atoms with E-state index in [1.165, 1.54) is 49.6 Å². The molecule has 0 saturated heterocycles. The Morgan fingerprint density at radius 3 is 2.31 bits per heavy atom. The number of halogens is 4. The van der Waals surface area contributed by atoms with Crippen molar-refractivity contribution in [1.29, 1.82) is 0 Å². The molecule has 0 radical (unpaired) electrons. The maximum Gasteiger partial charge on any atom is 0.391 e. The van der Waals surface area contributed by atoms with E-state index in [2.05, 4.69) is 5.32 Å². The van der Waals surface area contributed by atoms with Gasteiger partial charge in [-0.3, -0.25) is 9.59 Å². The van der Waals surface area contributed by atoms with Gasteiger partial charge in [0.1, 0.15) is 11.8 Å². The average Bonchev–Trinajstić information content (AvgIpc) is 2.59. The number of carbonyl (C=O) groups is 2. The summed E-state index contributed by atoms with van der Waals surface area (Å²) in [4.78, 5) is 24.8. The predicted octanol–water partition coefficient (Wildman–Crippen LogP) is 4.28. The third-order valence-corrected chi connectivity index (χ3v) is 3.79. The maximum absolute atomic E-state index is 12.9. The summed E-state index contributed by atoms with van der Waals surface area (Å²) in [5, 5.41) is 2.53. The standard InChI is InChI=1S/C18H15ClF3NO3/c1-26-15-5-3-2-4-13(15)16(24)14(10-18(20,21)22)23-17(25)11-6-8-12(19)9-7-11/h2-9,14H,10H2,1H3,(H,23,25). The van der Waals surface area contributed by atoms with Crippen LogP contribution in [0.2, 0.25) is 5.02 Å². The summed E-state index contributed by atoms with van der Waals surface area (Å²) < 4.78 is 43.8. The molecule has 0 aliphatic rings. The van der Waals surface area contributed by atoms with Gasteiger partial charge in [0, 0.05) is 10.6 Å². The monoisotopic (exact) mass is 385 g/mol. The number of carbonyl (C=O) groups excluding carboxylic acids is 2. The maximum atomic E-state index is 12.9. The summed E-state index contributed by atoms with van der Waals surface area (Å²) in [6.07, 6.45) is -6.14. The predicted molar refractivity (Wildman–Crippen MR) is 90.7 cm³/mol. The highest BCUT2D eigenvalue weighted by Gasteiger charge is 2.37. The Labute approximate surface area is 152 Å². The zero-order valence-corrected chi connectivity index (χ0v) is 14.4. The van der Waals surface area contributed by atoms with Gasteiger partial charge in [0.25, 0.3) is 5.91 Å². The third kappa shape index (κ3) is 5.23. The number of rotatable bonds is 6. The fourth-order valence-corrected chi connectivity index (χ4v) is 2.45. The Morgan fingerprint density at radius 2 is 1.73 bits per heavy atom. The molecule has 0 heterocycles. The minimum atomic E-state index is -4.64. The molecule has 0 spiro atoms. The van der Waals surface area contributed by atoms with Crippen LogP contribution in [0.3, 0.4) is 0 Å². The van der Waals surface area contributed by atoms with Gasteiger partial charge >= 0.3 is 6.18 Å². The number of methoxy groups -OCH3 is 1. The van der Waals surface area contributed by atoms with E-state index in [1.54, 1.807) is 6.07 Å². The van der Waals surface area contributed by atoms with Gasteiger partial charge in [-0.25, -0.2) is 0 Å². The molecule has 4 nitrogen and oxygen atoms in total. The van der Waals surface area contributed by atoms with Crippen molar-refractivity contribution >= 4 is 23.3 Å². The number of benzene rings is 2. The number of ketones is 1. The van der Waals surface area contributed by atoms with E-state index in [1.807, 2.05) is 0 Å². The zero-order chi connectivity index (χ0) is 19.3. The largest absolute Gasteiger partial charge is 0.496 e. The molecule has 2 aromatic carbocycles. The summed E-state index contributed by atoms with van der Waals surface area (Å²) >= 11 is 5.72. The molecule has 1 N–H and O–H groups in total. The molecular weight excluding hydrogens is 371 g/mol. The first-order valence-electron chi connectivity index (χ1n) is 7.51. The Kier molecular flexibility index (Phi) is 6.26. The molecule has 0 aliphatic carbocycles. The minimum absolute atomic E-state index is 0.0411. The third-order valence-electron chi connectivity index (χ3n) is 3.54. The van der Waals surface area contributed by atoms with Crippen LogP contribution < -0.4 is 10.1 Å². The molecule has 1 amide bonds. The Morgan fingerprint density at radius 1 is 1.12 bits per heavy atom. The second-order valence-corrected chi connectivity index (χ2v) is 5.85. The SMILES string of the molecule is COc1ccccc1C(=O)C(CC(F)(F)F)NC(=O)c1ccc(Cl)cc1. The number of Topliss-reactive ketones (excluding diaryl/α,β-unsaturated/α-hetero) is 1. The quantitative estimate of drug-likeness (QED) is 0.755. The number of amides is 1. The topological polar surface area (TPSA) is 55.4 Å². The normalized spacial score (nSPS) is 12.3. The highest BCUT2D eigenvalue weighted by atomic mass is 35.5. The summed E-state index contributed by atoms with van der Waals surface area (Å²) in [6, 6.07) is 9.68. The summed E-state index contributed by atoms with van der Waals surface area (Å²) in [6.45, 7) is 0. The molecule has 2 aromatic rings. The number of hydrogen-bond donors (Lipinski definition) is 1. The van der Waals surface area contributed by atoms with Crippen LogP contribution in [0.1, 0.15) is 27.1 Å². The molecule has 0 aromatic heterocycles. The molecule has 1 atom stereocenters. The van der Waals surface area contributed by atoms with E-state index in [4.69, 9.17) is 16.3 Å². The lowest BCUT2D eigenvalue weighted by molar-refractivity contribution is -0.137. The molecule has 8 heteroatoms. The van der Waals surface area contributed by atoms with E-state index >= 15 is 0 Å². The molecule has 0 saturated carbocycles. The van der Waals surface area contributed by atoms with Gasteiger partial charge in [0.15, 0.2) is 5.78 Å². The lowest BCUT2D eigenvalue weighted by Crippen LogP contribution is -2.43. The van der Waals surface area contributed by atoms with Gasteiger partial charge in [0.2, 0.25) is 0 Å². The van der Waals surface area contributed by atoms with Crippen molar-refractivity contribution in [2.45, 2.75) is 18.6 Å². The molecule has 138 valence electrons. The summed E-state index contributed by atoms with van der Waals surface area (Å²) in [5.41, 5.74) is 0.0510. The number of alkyl halides is 3. The van der Waals surface area contributed by atoms with Crippen molar-refractivity contribution in [1.82, 2.24) is 5.32 Å². The first-order valence-corrected chi connectivity index (χ1v) is 7.89. The molecule has 0 aliphatic heterocycles. The van der Waals surface area contributed by atoms with Crippen LogP contribution in [0.5, 0.6) is 5.75 Å². The van der Waals surface area contributed by atoms with Gasteiger partial charge in [-0.05, 0) is 36.4 Å². The van der Waals surface area contributed by atoms with Crippen LogP contribution in [-0.2, 0) is 0 Å². The van der Waals surface area contributed by atoms with Crippen molar-refractivity contribution in [2.24, 2.45) is 0 Å². The highest BCUT2D eigenvalue weighted by molar-refractivity contribution is 6.30. The van der Waals surface area contributed by atoms with Crippen LogP contribution in [0.15, 0.2) is 48.5 Å². The summed E-state index contributed by atoms with van der Waals surface area (Å²) in [5.74, 6) is -1.56. The van der Waals surface area contributed by atoms with Gasteiger partial charge in [-0.15, -0.1) is 0 Å². The van der Waals surface area contributed by atoms with Gasteiger partial charge < -0.3 is 10.1 Å². The van der Waals surface area contributed by atoms with E-state index in [9.17, 15) is 22.8 Å². The molecule has 26 heavy (non-hydrogen) atoms. The Balaban J connectivity index is 2.29. The van der Waals surface area contributed by atoms with Crippen molar-refractivity contribution < 1.29 is 27.5 Å². The van der Waals surface area contributed by atoms with E-state index < -0.39 is 30.3 Å². The average molecular weight is 386 g/mol. The molecule has 0 bridgehead atoms. The number of hydrogen-bond acceptors (Lipinski definition) is 3. The number of nitrogens with one attached hydrogen (secondary N) is 1. The Bertz CT molecular complexity index is 791. The van der Waals surface area contributed by atoms with Gasteiger partial charge in [0.05, 0.1) is 19.1 Å². The second-order valence-electron chi connectivity index (χ2n) is 5.42. The Hall–Kier alpha value is -2.54. The molecule has 1 unspecified atom stereocenters. The van der Waals surface area contributed by atoms with E-state index in [-0.39, 0.29) is 16.9 Å². The van der Waals surface area contributed by atoms with E-state index in [0.29, 0.717) is 5.02 Å². The van der Waals surface area contributed by atoms with Crippen LogP contribution in [0.25, 0.3) is 0 Å². The lowest BCUT2D eigenvalue weighted by Gasteiger charge is -2.20. The van der Waals surface area contributed by atoms with Gasteiger partial charge in [-0.1, -0.05) is 23.7 Å². The number of ether oxygens (including phenoxy) is 1. The first-order chi connectivity index (χ1) is 12.2. The molecule has 2 rings (SSSR count). The smallest absolute Gasteiger partial charge is 0.391 e. The summed E-state index contributed by atoms with van der Waals surface area (Å²) in [7, 11) is 1.30. The molecule has 0 fully saturated rings. The fourth-order valence-electron chi connectivity index (χ4n) is 2.32. The highest BCUT2D eigenvalue weighted by Crippen LogP contribution is 2.26. The first kappa shape index (κ1) is 19.8. The van der Waals surface area contributed by atoms with Crippen molar-refractivity contribution in [3.05, 3.63) is 64.7 Å². The van der Waals surface area contributed by atoms with Crippen LogP contribution in [-0.4, -0.2) is 31.0 Å².